The van der Waals surface area contributed by atoms with Crippen molar-refractivity contribution in [3.05, 3.63) is 74.8 Å². The molecule has 0 aliphatic carbocycles. The van der Waals surface area contributed by atoms with Gasteiger partial charge in [-0.3, -0.25) is 14.9 Å². The number of nitro benzene ring substituents is 1. The molecule has 2 aromatic rings. The molecule has 1 aliphatic rings. The molecule has 28 heavy (non-hydrogen) atoms. The van der Waals surface area contributed by atoms with Crippen LogP contribution in [0.3, 0.4) is 0 Å². The number of ketones is 1. The number of ether oxygens (including phenoxy) is 1. The molecular weight excluding hydrogens is 375 g/mol. The maximum absolute atomic E-state index is 13.5. The highest BCUT2D eigenvalue weighted by Gasteiger charge is 2.39. The standard InChI is InChI=1S/C20H16F3NO4/c1-19(2)11-14-10-13(5-8-17(14)28-19)18(25)16(20(21,22)23)9-12-3-6-15(7-4-12)24(26)27/h3-10H,11H2,1-2H3/b16-9+. The number of carbonyl (C=O) groups excluding carboxylic acids is 1. The van der Waals surface area contributed by atoms with Crippen molar-refractivity contribution in [3.63, 3.8) is 0 Å². The number of allylic oxidation sites excluding steroid dienone is 1. The molecule has 8 heteroatoms. The number of hydrogen-bond acceptors (Lipinski definition) is 4. The zero-order valence-electron chi connectivity index (χ0n) is 15.0. The van der Waals surface area contributed by atoms with E-state index in [1.165, 1.54) is 18.2 Å². The van der Waals surface area contributed by atoms with Crippen LogP contribution in [0.4, 0.5) is 18.9 Å². The van der Waals surface area contributed by atoms with Gasteiger partial charge in [-0.2, -0.15) is 13.2 Å². The Kier molecular flexibility index (Phi) is 4.74. The third kappa shape index (κ3) is 4.05. The van der Waals surface area contributed by atoms with Crippen LogP contribution in [-0.4, -0.2) is 22.5 Å². The number of benzene rings is 2. The fourth-order valence-electron chi connectivity index (χ4n) is 3.04. The van der Waals surface area contributed by atoms with Crippen LogP contribution < -0.4 is 4.74 Å². The summed E-state index contributed by atoms with van der Waals surface area (Å²) in [7, 11) is 0. The molecule has 0 atom stereocenters. The SMILES string of the molecule is CC1(C)Cc2cc(C(=O)/C(=C\c3ccc([N+](=O)[O-])cc3)C(F)(F)F)ccc2O1. The number of fused-ring (bicyclic) bond motifs is 1. The summed E-state index contributed by atoms with van der Waals surface area (Å²) < 4.78 is 46.3. The number of alkyl halides is 3. The van der Waals surface area contributed by atoms with Crippen LogP contribution in [-0.2, 0) is 6.42 Å². The van der Waals surface area contributed by atoms with E-state index in [4.69, 9.17) is 4.74 Å². The average molecular weight is 391 g/mol. The fourth-order valence-corrected chi connectivity index (χ4v) is 3.04. The van der Waals surface area contributed by atoms with Gasteiger partial charge in [0.05, 0.1) is 4.92 Å². The molecule has 5 nitrogen and oxygen atoms in total. The van der Waals surface area contributed by atoms with Crippen LogP contribution in [0.25, 0.3) is 6.08 Å². The van der Waals surface area contributed by atoms with Crippen molar-refractivity contribution in [3.8, 4) is 5.75 Å². The van der Waals surface area contributed by atoms with E-state index in [1.807, 2.05) is 13.8 Å². The van der Waals surface area contributed by atoms with Crippen molar-refractivity contribution in [1.29, 1.82) is 0 Å². The molecule has 146 valence electrons. The van der Waals surface area contributed by atoms with E-state index in [9.17, 15) is 28.1 Å². The van der Waals surface area contributed by atoms with Gasteiger partial charge < -0.3 is 4.74 Å². The number of rotatable bonds is 4. The van der Waals surface area contributed by atoms with Crippen LogP contribution in [0.15, 0.2) is 48.0 Å². The smallest absolute Gasteiger partial charge is 0.420 e. The summed E-state index contributed by atoms with van der Waals surface area (Å²) in [6, 6.07) is 8.71. The van der Waals surface area contributed by atoms with Crippen molar-refractivity contribution >= 4 is 17.5 Å². The lowest BCUT2D eigenvalue weighted by Crippen LogP contribution is -2.24. The highest BCUT2D eigenvalue weighted by atomic mass is 19.4. The van der Waals surface area contributed by atoms with Crippen LogP contribution in [0.1, 0.15) is 35.3 Å². The first-order valence-corrected chi connectivity index (χ1v) is 8.36. The molecule has 0 radical (unpaired) electrons. The van der Waals surface area contributed by atoms with Crippen LogP contribution >= 0.6 is 0 Å². The maximum atomic E-state index is 13.5. The van der Waals surface area contributed by atoms with E-state index in [1.54, 1.807) is 0 Å². The van der Waals surface area contributed by atoms with Crippen LogP contribution in [0, 0.1) is 10.1 Å². The second-order valence-electron chi connectivity index (χ2n) is 7.09. The number of carbonyl (C=O) groups is 1. The van der Waals surface area contributed by atoms with Crippen molar-refractivity contribution in [2.24, 2.45) is 0 Å². The summed E-state index contributed by atoms with van der Waals surface area (Å²) in [6.07, 6.45) is -3.70. The summed E-state index contributed by atoms with van der Waals surface area (Å²) in [6.45, 7) is 3.70. The van der Waals surface area contributed by atoms with Gasteiger partial charge in [0, 0.05) is 24.1 Å². The Bertz CT molecular complexity index is 976. The largest absolute Gasteiger partial charge is 0.487 e. The molecule has 3 rings (SSSR count). The normalized spacial score (nSPS) is 15.7. The number of Topliss-reactive ketones (excluding diaryl/α,β-unsaturated/α-hetero) is 1. The molecule has 0 saturated carbocycles. The predicted octanol–water partition coefficient (Wildman–Crippen LogP) is 5.14. The highest BCUT2D eigenvalue weighted by molar-refractivity contribution is 6.12. The summed E-state index contributed by atoms with van der Waals surface area (Å²) in [4.78, 5) is 22.6. The van der Waals surface area contributed by atoms with E-state index in [-0.39, 0.29) is 16.8 Å². The summed E-state index contributed by atoms with van der Waals surface area (Å²) in [5.74, 6) is -0.618. The van der Waals surface area contributed by atoms with Gasteiger partial charge >= 0.3 is 6.18 Å². The van der Waals surface area contributed by atoms with Gasteiger partial charge in [0.15, 0.2) is 5.78 Å². The lowest BCUT2D eigenvalue weighted by atomic mass is 9.96. The van der Waals surface area contributed by atoms with E-state index in [2.05, 4.69) is 0 Å². The molecule has 0 bridgehead atoms. The summed E-state index contributed by atoms with van der Waals surface area (Å²) in [5.41, 5.74) is -1.46. The predicted molar refractivity (Wildman–Crippen MR) is 96.3 cm³/mol. The number of nitrogens with zero attached hydrogens (tertiary/aromatic N) is 1. The number of nitro groups is 1. The molecule has 2 aromatic carbocycles. The Labute approximate surface area is 158 Å². The van der Waals surface area contributed by atoms with E-state index >= 15 is 0 Å². The molecule has 0 spiro atoms. The summed E-state index contributed by atoms with van der Waals surface area (Å²) in [5, 5.41) is 10.7. The van der Waals surface area contributed by atoms with Gasteiger partial charge in [-0.15, -0.1) is 0 Å². The first kappa shape index (κ1) is 19.6. The van der Waals surface area contributed by atoms with Crippen molar-refractivity contribution in [1.82, 2.24) is 0 Å². The number of halogens is 3. The van der Waals surface area contributed by atoms with Gasteiger partial charge in [0.1, 0.15) is 16.9 Å². The van der Waals surface area contributed by atoms with Crippen molar-refractivity contribution in [2.75, 3.05) is 0 Å². The van der Waals surface area contributed by atoms with E-state index in [0.29, 0.717) is 23.8 Å². The molecule has 0 unspecified atom stereocenters. The zero-order valence-corrected chi connectivity index (χ0v) is 15.0. The Morgan fingerprint density at radius 2 is 1.82 bits per heavy atom. The molecule has 0 fully saturated rings. The third-order valence-corrected chi connectivity index (χ3v) is 4.29. The molecule has 0 aromatic heterocycles. The Morgan fingerprint density at radius 1 is 1.18 bits per heavy atom. The van der Waals surface area contributed by atoms with Gasteiger partial charge in [0.25, 0.3) is 5.69 Å². The van der Waals surface area contributed by atoms with Gasteiger partial charge in [0.2, 0.25) is 0 Å². The molecule has 0 N–H and O–H groups in total. The Hall–Kier alpha value is -3.16. The molecule has 1 heterocycles. The van der Waals surface area contributed by atoms with Gasteiger partial charge in [-0.1, -0.05) is 0 Å². The maximum Gasteiger partial charge on any atom is 0.420 e. The second kappa shape index (κ2) is 6.78. The van der Waals surface area contributed by atoms with Crippen LogP contribution in [0.5, 0.6) is 5.75 Å². The van der Waals surface area contributed by atoms with E-state index < -0.39 is 28.1 Å². The number of hydrogen-bond donors (Lipinski definition) is 0. The monoisotopic (exact) mass is 391 g/mol. The number of non-ortho nitro benzene ring substituents is 1. The molecule has 0 saturated heterocycles. The van der Waals surface area contributed by atoms with Crippen molar-refractivity contribution in [2.45, 2.75) is 32.0 Å². The van der Waals surface area contributed by atoms with Gasteiger partial charge in [-0.05, 0) is 61.4 Å². The molecule has 1 aliphatic heterocycles. The van der Waals surface area contributed by atoms with Gasteiger partial charge in [-0.25, -0.2) is 0 Å². The van der Waals surface area contributed by atoms with Crippen molar-refractivity contribution < 1.29 is 27.6 Å². The molecule has 0 amide bonds. The minimum Gasteiger partial charge on any atom is -0.487 e. The topological polar surface area (TPSA) is 69.4 Å². The first-order valence-electron chi connectivity index (χ1n) is 8.36. The Balaban J connectivity index is 1.97. The van der Waals surface area contributed by atoms with Crippen LogP contribution in [0.2, 0.25) is 0 Å². The lowest BCUT2D eigenvalue weighted by Gasteiger charge is -2.16. The fraction of sp³-hybridized carbons (Fsp3) is 0.250. The first-order chi connectivity index (χ1) is 13.0. The third-order valence-electron chi connectivity index (χ3n) is 4.29. The molecular formula is C20H16F3NO4. The summed E-state index contributed by atoms with van der Waals surface area (Å²) >= 11 is 0. The Morgan fingerprint density at radius 3 is 2.39 bits per heavy atom. The second-order valence-corrected chi connectivity index (χ2v) is 7.09. The zero-order chi connectivity index (χ0) is 20.7. The average Bonchev–Trinajstić information content (AvgIpc) is 2.91. The highest BCUT2D eigenvalue weighted by Crippen LogP contribution is 2.37. The lowest BCUT2D eigenvalue weighted by molar-refractivity contribution is -0.384. The quantitative estimate of drug-likeness (QED) is 0.313. The van der Waals surface area contributed by atoms with E-state index in [0.717, 1.165) is 24.3 Å². The minimum atomic E-state index is -4.88. The minimum absolute atomic E-state index is 0.0388.